The normalized spacial score (nSPS) is 25.7. The van der Waals surface area contributed by atoms with Crippen LogP contribution in [-0.2, 0) is 24.3 Å². The van der Waals surface area contributed by atoms with Crippen LogP contribution in [0.2, 0.25) is 0 Å². The third-order valence-corrected chi connectivity index (χ3v) is 8.00. The predicted molar refractivity (Wildman–Crippen MR) is 107 cm³/mol. The van der Waals surface area contributed by atoms with Crippen molar-refractivity contribution >= 4 is 27.5 Å². The Morgan fingerprint density at radius 2 is 1.59 bits per heavy atom. The Kier molecular flexibility index (Phi) is 5.74. The number of hydrogen-bond donors (Lipinski definition) is 0. The zero-order chi connectivity index (χ0) is 20.6. The highest BCUT2D eigenvalue weighted by molar-refractivity contribution is 7.89. The summed E-state index contributed by atoms with van der Waals surface area (Å²) in [5, 5.41) is 0. The van der Waals surface area contributed by atoms with E-state index in [9.17, 15) is 18.0 Å². The summed E-state index contributed by atoms with van der Waals surface area (Å²) in [6, 6.07) is 5.62. The van der Waals surface area contributed by atoms with Gasteiger partial charge in [-0.15, -0.1) is 0 Å². The molecule has 0 radical (unpaired) electrons. The molecular formula is C20H27N3O5S. The van der Waals surface area contributed by atoms with Crippen molar-refractivity contribution in [2.75, 3.05) is 44.3 Å². The summed E-state index contributed by atoms with van der Waals surface area (Å²) in [4.78, 5) is 29.0. The van der Waals surface area contributed by atoms with Gasteiger partial charge < -0.3 is 4.74 Å². The maximum Gasteiger partial charge on any atom is 0.251 e. The standard InChI is InChI=1S/C20H27N3O5S/c1-15-6-8-21(9-7-15)18-14-19(24)23(20(18)25)16-2-4-17(5-3-16)29(26,27)22-10-12-28-13-11-22/h2-5,15,18H,6-14H2,1H3. The lowest BCUT2D eigenvalue weighted by Crippen LogP contribution is -2.45. The third kappa shape index (κ3) is 3.96. The fraction of sp³-hybridized carbons (Fsp3) is 0.600. The summed E-state index contributed by atoms with van der Waals surface area (Å²) in [6.45, 7) is 5.27. The molecule has 0 aliphatic carbocycles. The van der Waals surface area contributed by atoms with E-state index < -0.39 is 16.1 Å². The van der Waals surface area contributed by atoms with Gasteiger partial charge >= 0.3 is 0 Å². The van der Waals surface area contributed by atoms with Crippen LogP contribution in [0.3, 0.4) is 0 Å². The number of carbonyl (C=O) groups excluding carboxylic acids is 2. The highest BCUT2D eigenvalue weighted by atomic mass is 32.2. The molecule has 0 bridgehead atoms. The molecule has 3 saturated heterocycles. The molecule has 1 atom stereocenters. The third-order valence-electron chi connectivity index (χ3n) is 6.08. The monoisotopic (exact) mass is 421 g/mol. The average molecular weight is 422 g/mol. The number of carbonyl (C=O) groups is 2. The van der Waals surface area contributed by atoms with Crippen molar-refractivity contribution in [1.82, 2.24) is 9.21 Å². The second kappa shape index (κ2) is 8.14. The van der Waals surface area contributed by atoms with Gasteiger partial charge in [0.25, 0.3) is 5.91 Å². The number of imide groups is 1. The van der Waals surface area contributed by atoms with Crippen LogP contribution >= 0.6 is 0 Å². The molecule has 0 saturated carbocycles. The van der Waals surface area contributed by atoms with Gasteiger partial charge in [-0.25, -0.2) is 13.3 Å². The molecule has 158 valence electrons. The van der Waals surface area contributed by atoms with Crippen molar-refractivity contribution in [3.8, 4) is 0 Å². The average Bonchev–Trinajstić information content (AvgIpc) is 3.03. The van der Waals surface area contributed by atoms with Gasteiger partial charge in [-0.1, -0.05) is 6.92 Å². The van der Waals surface area contributed by atoms with Crippen LogP contribution in [0.25, 0.3) is 0 Å². The molecule has 3 aliphatic heterocycles. The van der Waals surface area contributed by atoms with Crippen LogP contribution < -0.4 is 4.90 Å². The quantitative estimate of drug-likeness (QED) is 0.676. The van der Waals surface area contributed by atoms with Crippen molar-refractivity contribution in [3.05, 3.63) is 24.3 Å². The Morgan fingerprint density at radius 1 is 0.966 bits per heavy atom. The first-order valence-corrected chi connectivity index (χ1v) is 11.6. The van der Waals surface area contributed by atoms with Gasteiger partial charge in [0, 0.05) is 13.1 Å². The first kappa shape index (κ1) is 20.5. The fourth-order valence-corrected chi connectivity index (χ4v) is 5.62. The summed E-state index contributed by atoms with van der Waals surface area (Å²) >= 11 is 0. The number of morpholine rings is 1. The number of rotatable bonds is 4. The largest absolute Gasteiger partial charge is 0.379 e. The Morgan fingerprint density at radius 3 is 2.21 bits per heavy atom. The minimum atomic E-state index is -3.61. The second-order valence-corrected chi connectivity index (χ2v) is 9.95. The lowest BCUT2D eigenvalue weighted by atomic mass is 9.97. The second-order valence-electron chi connectivity index (χ2n) is 8.02. The Balaban J connectivity index is 1.50. The summed E-state index contributed by atoms with van der Waals surface area (Å²) < 4.78 is 32.1. The fourth-order valence-electron chi connectivity index (χ4n) is 4.22. The predicted octanol–water partition coefficient (Wildman–Crippen LogP) is 1.07. The number of piperidine rings is 1. The van der Waals surface area contributed by atoms with E-state index in [0.29, 0.717) is 37.9 Å². The number of likely N-dealkylation sites (tertiary alicyclic amines) is 1. The molecule has 3 fully saturated rings. The summed E-state index contributed by atoms with van der Waals surface area (Å²) in [7, 11) is -3.61. The molecule has 1 aromatic carbocycles. The van der Waals surface area contributed by atoms with Crippen LogP contribution in [0, 0.1) is 5.92 Å². The van der Waals surface area contributed by atoms with Gasteiger partial charge in [-0.05, 0) is 56.1 Å². The number of ether oxygens (including phenoxy) is 1. The molecular weight excluding hydrogens is 394 g/mol. The van der Waals surface area contributed by atoms with Gasteiger partial charge in [0.05, 0.1) is 36.3 Å². The maximum atomic E-state index is 12.9. The molecule has 1 unspecified atom stereocenters. The first-order chi connectivity index (χ1) is 13.9. The molecule has 0 spiro atoms. The first-order valence-electron chi connectivity index (χ1n) is 10.2. The summed E-state index contributed by atoms with van der Waals surface area (Å²) in [6.07, 6.45) is 2.25. The number of anilines is 1. The van der Waals surface area contributed by atoms with E-state index >= 15 is 0 Å². The SMILES string of the molecule is CC1CCN(C2CC(=O)N(c3ccc(S(=O)(=O)N4CCOCC4)cc3)C2=O)CC1. The van der Waals surface area contributed by atoms with E-state index in [1.54, 1.807) is 12.1 Å². The van der Waals surface area contributed by atoms with Crippen LogP contribution in [0.15, 0.2) is 29.2 Å². The van der Waals surface area contributed by atoms with Gasteiger partial charge in [0.15, 0.2) is 0 Å². The van der Waals surface area contributed by atoms with Crippen LogP contribution in [-0.4, -0.2) is 74.9 Å². The van der Waals surface area contributed by atoms with E-state index in [1.165, 1.54) is 21.3 Å². The highest BCUT2D eigenvalue weighted by Gasteiger charge is 2.43. The number of amides is 2. The number of benzene rings is 1. The number of sulfonamides is 1. The van der Waals surface area contributed by atoms with Crippen molar-refractivity contribution in [3.63, 3.8) is 0 Å². The number of hydrogen-bond acceptors (Lipinski definition) is 6. The van der Waals surface area contributed by atoms with Gasteiger partial charge in [0.2, 0.25) is 15.9 Å². The lowest BCUT2D eigenvalue weighted by molar-refractivity contribution is -0.123. The van der Waals surface area contributed by atoms with Crippen molar-refractivity contribution < 1.29 is 22.7 Å². The van der Waals surface area contributed by atoms with Gasteiger partial charge in [0.1, 0.15) is 0 Å². The van der Waals surface area contributed by atoms with Gasteiger partial charge in [-0.2, -0.15) is 4.31 Å². The van der Waals surface area contributed by atoms with E-state index in [2.05, 4.69) is 11.8 Å². The van der Waals surface area contributed by atoms with Crippen LogP contribution in [0.5, 0.6) is 0 Å². The Bertz CT molecular complexity index is 872. The van der Waals surface area contributed by atoms with Crippen molar-refractivity contribution in [2.24, 2.45) is 5.92 Å². The molecule has 2 amide bonds. The molecule has 3 aliphatic rings. The molecule has 4 rings (SSSR count). The molecule has 8 nitrogen and oxygen atoms in total. The van der Waals surface area contributed by atoms with E-state index in [4.69, 9.17) is 4.74 Å². The Hall–Kier alpha value is -1.81. The van der Waals surface area contributed by atoms with Crippen molar-refractivity contribution in [2.45, 2.75) is 37.1 Å². The zero-order valence-electron chi connectivity index (χ0n) is 16.6. The minimum absolute atomic E-state index is 0.156. The summed E-state index contributed by atoms with van der Waals surface area (Å²) in [5.74, 6) is 0.200. The maximum absolute atomic E-state index is 12.9. The van der Waals surface area contributed by atoms with E-state index in [1.807, 2.05) is 0 Å². The van der Waals surface area contributed by atoms with E-state index in [-0.39, 0.29) is 23.1 Å². The lowest BCUT2D eigenvalue weighted by Gasteiger charge is -2.33. The van der Waals surface area contributed by atoms with Crippen LogP contribution in [0.4, 0.5) is 5.69 Å². The highest BCUT2D eigenvalue weighted by Crippen LogP contribution is 2.29. The molecule has 9 heteroatoms. The molecule has 29 heavy (non-hydrogen) atoms. The topological polar surface area (TPSA) is 87.2 Å². The minimum Gasteiger partial charge on any atom is -0.379 e. The summed E-state index contributed by atoms with van der Waals surface area (Å²) in [5.41, 5.74) is 0.425. The van der Waals surface area contributed by atoms with Crippen molar-refractivity contribution in [1.29, 1.82) is 0 Å². The van der Waals surface area contributed by atoms with Gasteiger partial charge in [-0.3, -0.25) is 14.5 Å². The molecule has 1 aromatic rings. The molecule has 3 heterocycles. The smallest absolute Gasteiger partial charge is 0.251 e. The molecule has 0 aromatic heterocycles. The van der Waals surface area contributed by atoms with Crippen LogP contribution in [0.1, 0.15) is 26.2 Å². The Labute approximate surface area is 171 Å². The zero-order valence-corrected chi connectivity index (χ0v) is 17.4. The van der Waals surface area contributed by atoms with E-state index in [0.717, 1.165) is 25.9 Å². The number of nitrogens with zero attached hydrogens (tertiary/aromatic N) is 3. The molecule has 0 N–H and O–H groups in total.